The van der Waals surface area contributed by atoms with Crippen LogP contribution in [-0.4, -0.2) is 25.0 Å². The number of para-hydroxylation sites is 1. The molecule has 4 heteroatoms. The number of ether oxygens (including phenoxy) is 1. The first-order valence-electron chi connectivity index (χ1n) is 6.05. The van der Waals surface area contributed by atoms with E-state index in [-0.39, 0.29) is 18.4 Å². The number of esters is 1. The minimum absolute atomic E-state index is 0.0207. The van der Waals surface area contributed by atoms with Crippen LogP contribution in [0.5, 0.6) is 0 Å². The Morgan fingerprint density at radius 1 is 1.33 bits per heavy atom. The normalized spacial score (nSPS) is 16.6. The zero-order chi connectivity index (χ0) is 13.3. The number of fused-ring (bicyclic) bond motifs is 1. The molecule has 0 radical (unpaired) electrons. The van der Waals surface area contributed by atoms with Crippen molar-refractivity contribution in [1.29, 1.82) is 0 Å². The summed E-state index contributed by atoms with van der Waals surface area (Å²) in [5.74, 6) is -0.435. The average Bonchev–Trinajstić information content (AvgIpc) is 2.52. The van der Waals surface area contributed by atoms with Gasteiger partial charge in [-0.1, -0.05) is 18.2 Å². The van der Waals surface area contributed by atoms with E-state index in [2.05, 4.69) is 0 Å². The first-order chi connectivity index (χ1) is 8.48. The first kappa shape index (κ1) is 12.6. The number of rotatable bonds is 3. The van der Waals surface area contributed by atoms with Crippen LogP contribution in [0.3, 0.4) is 0 Å². The average molecular weight is 247 g/mol. The number of benzene rings is 1. The number of anilines is 1. The van der Waals surface area contributed by atoms with Crippen molar-refractivity contribution >= 4 is 17.6 Å². The van der Waals surface area contributed by atoms with Crippen molar-refractivity contribution in [3.8, 4) is 0 Å². The van der Waals surface area contributed by atoms with E-state index in [0.29, 0.717) is 6.61 Å². The van der Waals surface area contributed by atoms with E-state index in [1.165, 1.54) is 4.90 Å². The second-order valence-electron chi connectivity index (χ2n) is 4.84. The summed E-state index contributed by atoms with van der Waals surface area (Å²) in [5.41, 5.74) is 1.18. The van der Waals surface area contributed by atoms with Crippen LogP contribution in [0.25, 0.3) is 0 Å². The lowest BCUT2D eigenvalue weighted by Crippen LogP contribution is -2.39. The van der Waals surface area contributed by atoms with Crippen LogP contribution in [0.2, 0.25) is 0 Å². The van der Waals surface area contributed by atoms with Crippen LogP contribution < -0.4 is 4.90 Å². The summed E-state index contributed by atoms with van der Waals surface area (Å²) in [4.78, 5) is 25.4. The smallest absolute Gasteiger partial charge is 0.326 e. The minimum atomic E-state index is -0.580. The molecule has 2 rings (SSSR count). The van der Waals surface area contributed by atoms with Crippen LogP contribution in [-0.2, 0) is 19.7 Å². The van der Waals surface area contributed by atoms with Gasteiger partial charge in [0, 0.05) is 5.69 Å². The Morgan fingerprint density at radius 2 is 2.00 bits per heavy atom. The second kappa shape index (κ2) is 4.44. The predicted molar refractivity (Wildman–Crippen MR) is 68.5 cm³/mol. The molecule has 0 unspecified atom stereocenters. The van der Waals surface area contributed by atoms with Crippen LogP contribution in [0.4, 0.5) is 5.69 Å². The molecule has 0 bridgehead atoms. The molecule has 0 spiro atoms. The summed E-state index contributed by atoms with van der Waals surface area (Å²) in [6.45, 7) is 5.80. The Bertz CT molecular complexity index is 494. The van der Waals surface area contributed by atoms with Crippen LogP contribution in [0, 0.1) is 0 Å². The van der Waals surface area contributed by atoms with Gasteiger partial charge in [-0.15, -0.1) is 0 Å². The van der Waals surface area contributed by atoms with Gasteiger partial charge in [0.1, 0.15) is 6.54 Å². The quantitative estimate of drug-likeness (QED) is 0.766. The maximum absolute atomic E-state index is 12.3. The second-order valence-corrected chi connectivity index (χ2v) is 4.84. The molecule has 1 aliphatic rings. The summed E-state index contributed by atoms with van der Waals surface area (Å²) in [6.07, 6.45) is 0. The van der Waals surface area contributed by atoms with Crippen molar-refractivity contribution in [2.24, 2.45) is 0 Å². The van der Waals surface area contributed by atoms with Crippen molar-refractivity contribution in [1.82, 2.24) is 0 Å². The number of carbonyl (C=O) groups excluding carboxylic acids is 2. The van der Waals surface area contributed by atoms with E-state index in [4.69, 9.17) is 4.74 Å². The van der Waals surface area contributed by atoms with Gasteiger partial charge in [0.15, 0.2) is 0 Å². The van der Waals surface area contributed by atoms with E-state index in [9.17, 15) is 9.59 Å². The fourth-order valence-corrected chi connectivity index (χ4v) is 2.29. The summed E-state index contributed by atoms with van der Waals surface area (Å²) in [5, 5.41) is 0. The molecule has 18 heavy (non-hydrogen) atoms. The summed E-state index contributed by atoms with van der Waals surface area (Å²) < 4.78 is 4.90. The molecule has 0 fully saturated rings. The van der Waals surface area contributed by atoms with E-state index < -0.39 is 5.41 Å². The lowest BCUT2D eigenvalue weighted by atomic mass is 9.86. The monoisotopic (exact) mass is 247 g/mol. The molecule has 1 aromatic carbocycles. The van der Waals surface area contributed by atoms with Gasteiger partial charge >= 0.3 is 5.97 Å². The van der Waals surface area contributed by atoms with Gasteiger partial charge in [-0.2, -0.15) is 0 Å². The SMILES string of the molecule is CCOC(=O)CN1C(=O)C(C)(C)c2ccccc21. The van der Waals surface area contributed by atoms with Crippen molar-refractivity contribution in [3.63, 3.8) is 0 Å². The van der Waals surface area contributed by atoms with Gasteiger partial charge in [0.25, 0.3) is 0 Å². The van der Waals surface area contributed by atoms with Gasteiger partial charge in [0.2, 0.25) is 5.91 Å². The topological polar surface area (TPSA) is 46.6 Å². The minimum Gasteiger partial charge on any atom is -0.465 e. The highest BCUT2D eigenvalue weighted by atomic mass is 16.5. The highest BCUT2D eigenvalue weighted by molar-refractivity contribution is 6.09. The van der Waals surface area contributed by atoms with Crippen molar-refractivity contribution in [2.45, 2.75) is 26.2 Å². The standard InChI is InChI=1S/C14H17NO3/c1-4-18-12(16)9-15-11-8-6-5-7-10(11)14(2,3)13(15)17/h5-8H,4,9H2,1-3H3. The van der Waals surface area contributed by atoms with E-state index in [1.807, 2.05) is 38.1 Å². The molecule has 96 valence electrons. The molecule has 0 saturated heterocycles. The lowest BCUT2D eigenvalue weighted by Gasteiger charge is -2.19. The molecule has 0 saturated carbocycles. The van der Waals surface area contributed by atoms with Crippen LogP contribution in [0.1, 0.15) is 26.3 Å². The van der Waals surface area contributed by atoms with Crippen LogP contribution in [0.15, 0.2) is 24.3 Å². The number of nitrogens with zero attached hydrogens (tertiary/aromatic N) is 1. The third kappa shape index (κ3) is 1.88. The number of hydrogen-bond donors (Lipinski definition) is 0. The Morgan fingerprint density at radius 3 is 2.67 bits per heavy atom. The molecule has 1 heterocycles. The summed E-state index contributed by atoms with van der Waals surface area (Å²) in [6, 6.07) is 7.56. The molecule has 1 amide bonds. The molecular weight excluding hydrogens is 230 g/mol. The van der Waals surface area contributed by atoms with Crippen molar-refractivity contribution in [3.05, 3.63) is 29.8 Å². The first-order valence-corrected chi connectivity index (χ1v) is 6.05. The molecule has 0 aromatic heterocycles. The van der Waals surface area contributed by atoms with Gasteiger partial charge in [0.05, 0.1) is 12.0 Å². The number of hydrogen-bond acceptors (Lipinski definition) is 3. The van der Waals surface area contributed by atoms with Crippen molar-refractivity contribution in [2.75, 3.05) is 18.1 Å². The van der Waals surface area contributed by atoms with E-state index in [0.717, 1.165) is 11.3 Å². The van der Waals surface area contributed by atoms with E-state index >= 15 is 0 Å². The molecule has 1 aliphatic heterocycles. The maximum atomic E-state index is 12.3. The molecule has 0 N–H and O–H groups in total. The zero-order valence-electron chi connectivity index (χ0n) is 10.9. The molecule has 0 atom stereocenters. The number of carbonyl (C=O) groups is 2. The maximum Gasteiger partial charge on any atom is 0.326 e. The fourth-order valence-electron chi connectivity index (χ4n) is 2.29. The van der Waals surface area contributed by atoms with Gasteiger partial charge in [-0.05, 0) is 32.4 Å². The molecule has 0 aliphatic carbocycles. The fraction of sp³-hybridized carbons (Fsp3) is 0.429. The Hall–Kier alpha value is -1.84. The Balaban J connectivity index is 2.33. The molecule has 4 nitrogen and oxygen atoms in total. The molecular formula is C14H17NO3. The highest BCUT2D eigenvalue weighted by Gasteiger charge is 2.44. The van der Waals surface area contributed by atoms with Crippen LogP contribution >= 0.6 is 0 Å². The molecule has 1 aromatic rings. The van der Waals surface area contributed by atoms with Gasteiger partial charge in [-0.25, -0.2) is 0 Å². The predicted octanol–water partition coefficient (Wildman–Crippen LogP) is 1.87. The third-order valence-corrected chi connectivity index (χ3v) is 3.24. The highest BCUT2D eigenvalue weighted by Crippen LogP contribution is 2.40. The van der Waals surface area contributed by atoms with Crippen molar-refractivity contribution < 1.29 is 14.3 Å². The lowest BCUT2D eigenvalue weighted by molar-refractivity contribution is -0.142. The number of amides is 1. The van der Waals surface area contributed by atoms with E-state index in [1.54, 1.807) is 6.92 Å². The zero-order valence-corrected chi connectivity index (χ0v) is 10.9. The van der Waals surface area contributed by atoms with Gasteiger partial charge < -0.3 is 9.64 Å². The Labute approximate surface area is 107 Å². The summed E-state index contributed by atoms with van der Waals surface area (Å²) >= 11 is 0. The summed E-state index contributed by atoms with van der Waals surface area (Å²) in [7, 11) is 0. The van der Waals surface area contributed by atoms with Gasteiger partial charge in [-0.3, -0.25) is 9.59 Å². The largest absolute Gasteiger partial charge is 0.465 e. The third-order valence-electron chi connectivity index (χ3n) is 3.24. The Kier molecular flexibility index (Phi) is 3.11.